The predicted octanol–water partition coefficient (Wildman–Crippen LogP) is 2.33. The number of halogens is 4. The van der Waals surface area contributed by atoms with Crippen LogP contribution in [0.3, 0.4) is 0 Å². The van der Waals surface area contributed by atoms with Crippen molar-refractivity contribution in [3.05, 3.63) is 29.6 Å². The molecule has 120 valence electrons. The summed E-state index contributed by atoms with van der Waals surface area (Å²) in [4.78, 5) is 4.19. The molecule has 0 radical (unpaired) electrons. The Morgan fingerprint density at radius 2 is 2.00 bits per heavy atom. The number of hydrogen-bond acceptors (Lipinski definition) is 4. The van der Waals surface area contributed by atoms with E-state index in [1.165, 1.54) is 12.1 Å². The summed E-state index contributed by atoms with van der Waals surface area (Å²) in [5, 5.41) is 0. The van der Waals surface area contributed by atoms with Crippen molar-refractivity contribution in [1.29, 1.82) is 0 Å². The standard InChI is InChI=1S/C14H15F4N3O/c15-10-3-1-7(19)5-9(10)13-6-22-12(14(16,17)18)8(13)2-4-11(20)21-13/h1,3,5,8,12H,2,4,6,19H2,(H2,20,21)/t8-,12+,13+/m1/s1. The molecule has 0 bridgehead atoms. The summed E-state index contributed by atoms with van der Waals surface area (Å²) < 4.78 is 58.7. The number of nitrogen functional groups attached to an aromatic ring is 1. The lowest BCUT2D eigenvalue weighted by molar-refractivity contribution is -0.217. The van der Waals surface area contributed by atoms with Gasteiger partial charge in [-0.25, -0.2) is 4.39 Å². The summed E-state index contributed by atoms with van der Waals surface area (Å²) in [6.45, 7) is -0.372. The van der Waals surface area contributed by atoms with E-state index < -0.39 is 29.6 Å². The van der Waals surface area contributed by atoms with Gasteiger partial charge in [-0.15, -0.1) is 0 Å². The molecule has 3 atom stereocenters. The van der Waals surface area contributed by atoms with Crippen molar-refractivity contribution in [2.45, 2.75) is 30.7 Å². The highest BCUT2D eigenvalue weighted by atomic mass is 19.4. The SMILES string of the molecule is NC1=N[C@@]2(c3cc(N)ccc3F)CO[C@H](C(F)(F)F)[C@H]2CC1. The van der Waals surface area contributed by atoms with Crippen LogP contribution in [0.25, 0.3) is 0 Å². The van der Waals surface area contributed by atoms with Gasteiger partial charge in [-0.05, 0) is 24.6 Å². The van der Waals surface area contributed by atoms with Gasteiger partial charge < -0.3 is 16.2 Å². The van der Waals surface area contributed by atoms with Gasteiger partial charge in [0.2, 0.25) is 0 Å². The van der Waals surface area contributed by atoms with Crippen LogP contribution in [0.5, 0.6) is 0 Å². The largest absolute Gasteiger partial charge is 0.414 e. The van der Waals surface area contributed by atoms with Crippen LogP contribution in [0, 0.1) is 11.7 Å². The van der Waals surface area contributed by atoms with E-state index in [9.17, 15) is 17.6 Å². The normalized spacial score (nSPS) is 31.7. The Balaban J connectivity index is 2.15. The maximum Gasteiger partial charge on any atom is 0.414 e. The maximum atomic E-state index is 14.2. The van der Waals surface area contributed by atoms with Crippen molar-refractivity contribution < 1.29 is 22.3 Å². The number of fused-ring (bicyclic) bond motifs is 1. The molecule has 1 saturated heterocycles. The van der Waals surface area contributed by atoms with Gasteiger partial charge in [0.25, 0.3) is 0 Å². The Kier molecular flexibility index (Phi) is 3.32. The molecule has 0 spiro atoms. The molecule has 22 heavy (non-hydrogen) atoms. The monoisotopic (exact) mass is 317 g/mol. The molecule has 0 amide bonds. The highest BCUT2D eigenvalue weighted by Gasteiger charge is 2.61. The average molecular weight is 317 g/mol. The van der Waals surface area contributed by atoms with Crippen molar-refractivity contribution in [2.24, 2.45) is 16.6 Å². The molecule has 0 aliphatic carbocycles. The van der Waals surface area contributed by atoms with Gasteiger partial charge in [0.05, 0.1) is 12.4 Å². The Bertz CT molecular complexity index is 631. The van der Waals surface area contributed by atoms with Crippen molar-refractivity contribution in [3.8, 4) is 0 Å². The van der Waals surface area contributed by atoms with Gasteiger partial charge >= 0.3 is 6.18 Å². The average Bonchev–Trinajstić information content (AvgIpc) is 2.80. The number of alkyl halides is 3. The van der Waals surface area contributed by atoms with E-state index in [0.717, 1.165) is 6.07 Å². The van der Waals surface area contributed by atoms with Crippen molar-refractivity contribution in [2.75, 3.05) is 12.3 Å². The van der Waals surface area contributed by atoms with Crippen LogP contribution in [-0.2, 0) is 10.3 Å². The molecule has 0 saturated carbocycles. The Hall–Kier alpha value is -1.83. The first-order valence-corrected chi connectivity index (χ1v) is 6.82. The molecular weight excluding hydrogens is 302 g/mol. The van der Waals surface area contributed by atoms with E-state index >= 15 is 0 Å². The number of hydrogen-bond donors (Lipinski definition) is 2. The molecule has 4 N–H and O–H groups in total. The van der Waals surface area contributed by atoms with E-state index in [2.05, 4.69) is 4.99 Å². The molecule has 2 heterocycles. The van der Waals surface area contributed by atoms with Crippen LogP contribution in [-0.4, -0.2) is 24.7 Å². The third kappa shape index (κ3) is 2.22. The maximum absolute atomic E-state index is 14.2. The summed E-state index contributed by atoms with van der Waals surface area (Å²) in [6.07, 6.45) is -6.16. The second-order valence-electron chi connectivity index (χ2n) is 5.69. The van der Waals surface area contributed by atoms with Crippen molar-refractivity contribution in [1.82, 2.24) is 0 Å². The number of aliphatic imine (C=N–C) groups is 1. The lowest BCUT2D eigenvalue weighted by Gasteiger charge is -2.36. The molecular formula is C14H15F4N3O. The minimum atomic E-state index is -4.54. The van der Waals surface area contributed by atoms with E-state index in [1.54, 1.807) is 0 Å². The molecule has 3 rings (SSSR count). The Labute approximate surface area is 124 Å². The summed E-state index contributed by atoms with van der Waals surface area (Å²) in [6, 6.07) is 3.78. The number of ether oxygens (including phenoxy) is 1. The second-order valence-corrected chi connectivity index (χ2v) is 5.69. The van der Waals surface area contributed by atoms with Crippen molar-refractivity contribution >= 4 is 11.5 Å². The lowest BCUT2D eigenvalue weighted by atomic mass is 9.73. The molecule has 1 aromatic carbocycles. The summed E-state index contributed by atoms with van der Waals surface area (Å²) >= 11 is 0. The van der Waals surface area contributed by atoms with Crippen LogP contribution in [0.2, 0.25) is 0 Å². The second kappa shape index (κ2) is 4.84. The zero-order valence-electron chi connectivity index (χ0n) is 11.5. The first kappa shape index (κ1) is 15.1. The molecule has 2 aliphatic rings. The quantitative estimate of drug-likeness (QED) is 0.617. The van der Waals surface area contributed by atoms with Gasteiger partial charge in [0, 0.05) is 23.6 Å². The zero-order valence-corrected chi connectivity index (χ0v) is 11.5. The third-order valence-corrected chi connectivity index (χ3v) is 4.30. The van der Waals surface area contributed by atoms with Gasteiger partial charge in [-0.3, -0.25) is 4.99 Å². The fourth-order valence-corrected chi connectivity index (χ4v) is 3.35. The highest BCUT2D eigenvalue weighted by molar-refractivity contribution is 5.82. The first-order valence-electron chi connectivity index (χ1n) is 6.82. The Morgan fingerprint density at radius 1 is 1.27 bits per heavy atom. The van der Waals surface area contributed by atoms with Crippen LogP contribution in [0.1, 0.15) is 18.4 Å². The van der Waals surface area contributed by atoms with Crippen molar-refractivity contribution in [3.63, 3.8) is 0 Å². The van der Waals surface area contributed by atoms with E-state index in [0.29, 0.717) is 0 Å². The van der Waals surface area contributed by atoms with E-state index in [-0.39, 0.29) is 36.5 Å². The minimum absolute atomic E-state index is 0.00639. The number of amidine groups is 1. The molecule has 1 aromatic rings. The topological polar surface area (TPSA) is 73.6 Å². The first-order chi connectivity index (χ1) is 10.2. The lowest BCUT2D eigenvalue weighted by Crippen LogP contribution is -2.45. The van der Waals surface area contributed by atoms with Crippen LogP contribution >= 0.6 is 0 Å². The van der Waals surface area contributed by atoms with Gasteiger partial charge in [0.15, 0.2) is 6.10 Å². The van der Waals surface area contributed by atoms with Crippen LogP contribution < -0.4 is 11.5 Å². The molecule has 2 aliphatic heterocycles. The van der Waals surface area contributed by atoms with E-state index in [1.807, 2.05) is 0 Å². The van der Waals surface area contributed by atoms with Gasteiger partial charge in [0.1, 0.15) is 11.4 Å². The fraction of sp³-hybridized carbons (Fsp3) is 0.500. The minimum Gasteiger partial charge on any atom is -0.399 e. The summed E-state index contributed by atoms with van der Waals surface area (Å²) in [7, 11) is 0. The number of nitrogens with zero attached hydrogens (tertiary/aromatic N) is 1. The third-order valence-electron chi connectivity index (χ3n) is 4.30. The Morgan fingerprint density at radius 3 is 2.68 bits per heavy atom. The smallest absolute Gasteiger partial charge is 0.399 e. The molecule has 0 aromatic heterocycles. The number of nitrogens with two attached hydrogens (primary N) is 2. The number of anilines is 1. The van der Waals surface area contributed by atoms with Crippen LogP contribution in [0.4, 0.5) is 23.2 Å². The van der Waals surface area contributed by atoms with Gasteiger partial charge in [-0.2, -0.15) is 13.2 Å². The molecule has 0 unspecified atom stereocenters. The highest BCUT2D eigenvalue weighted by Crippen LogP contribution is 2.52. The summed E-state index contributed by atoms with van der Waals surface area (Å²) in [5.74, 6) is -1.48. The molecule has 8 heteroatoms. The zero-order chi connectivity index (χ0) is 16.1. The van der Waals surface area contributed by atoms with E-state index in [4.69, 9.17) is 16.2 Å². The summed E-state index contributed by atoms with van der Waals surface area (Å²) in [5.41, 5.74) is 10.2. The molecule has 1 fully saturated rings. The fourth-order valence-electron chi connectivity index (χ4n) is 3.35. The number of rotatable bonds is 1. The van der Waals surface area contributed by atoms with Gasteiger partial charge in [-0.1, -0.05) is 0 Å². The number of benzene rings is 1. The predicted molar refractivity (Wildman–Crippen MR) is 72.6 cm³/mol. The molecule has 4 nitrogen and oxygen atoms in total. The van der Waals surface area contributed by atoms with Crippen LogP contribution in [0.15, 0.2) is 23.2 Å².